The number of ether oxygens (including phenoxy) is 1. The number of aryl methyl sites for hydroxylation is 1. The van der Waals surface area contributed by atoms with Gasteiger partial charge in [-0.15, -0.1) is 0 Å². The van der Waals surface area contributed by atoms with Crippen molar-refractivity contribution in [1.82, 2.24) is 4.57 Å². The number of fused-ring (bicyclic) bond motifs is 1. The molecule has 21 heavy (non-hydrogen) atoms. The quantitative estimate of drug-likeness (QED) is 0.789. The lowest BCUT2D eigenvalue weighted by molar-refractivity contribution is 0.318. The van der Waals surface area contributed by atoms with Gasteiger partial charge in [-0.2, -0.15) is 0 Å². The molecule has 0 radical (unpaired) electrons. The summed E-state index contributed by atoms with van der Waals surface area (Å²) in [5, 5.41) is 0.749. The molecule has 2 aromatic rings. The predicted octanol–water partition coefficient (Wildman–Crippen LogP) is 3.25. The Hall–Kier alpha value is -1.49. The Kier molecular flexibility index (Phi) is 4.93. The van der Waals surface area contributed by atoms with Gasteiger partial charge in [0.2, 0.25) is 0 Å². The molecule has 0 saturated heterocycles. The minimum atomic E-state index is -3.01. The summed E-state index contributed by atoms with van der Waals surface area (Å²) >= 11 is 0. The number of benzene rings is 1. The van der Waals surface area contributed by atoms with E-state index in [9.17, 15) is 8.42 Å². The summed E-state index contributed by atoms with van der Waals surface area (Å²) in [5.74, 6) is 1.03. The van der Waals surface area contributed by atoms with Crippen LogP contribution in [0.1, 0.15) is 27.2 Å². The molecule has 4 nitrogen and oxygen atoms in total. The van der Waals surface area contributed by atoms with Crippen molar-refractivity contribution < 1.29 is 13.2 Å². The standard InChI is InChI=1S/C16H23NO3S/c1-4-10-20-15-5-6-16-14(12-15)7-8-17(16)9-11-21(18,19)13(2)3/h5-8,12-13H,4,9-11H2,1-3H3. The Labute approximate surface area is 126 Å². The minimum Gasteiger partial charge on any atom is -0.494 e. The van der Waals surface area contributed by atoms with Crippen molar-refractivity contribution in [3.05, 3.63) is 30.5 Å². The van der Waals surface area contributed by atoms with E-state index >= 15 is 0 Å². The van der Waals surface area contributed by atoms with Crippen molar-refractivity contribution in [2.75, 3.05) is 12.4 Å². The third-order valence-corrected chi connectivity index (χ3v) is 5.74. The van der Waals surface area contributed by atoms with Gasteiger partial charge in [-0.3, -0.25) is 0 Å². The first-order valence-corrected chi connectivity index (χ1v) is 9.09. The van der Waals surface area contributed by atoms with Crippen LogP contribution in [0.3, 0.4) is 0 Å². The average molecular weight is 309 g/mol. The monoisotopic (exact) mass is 309 g/mol. The summed E-state index contributed by atoms with van der Waals surface area (Å²) in [6.45, 7) is 6.71. The fourth-order valence-electron chi connectivity index (χ4n) is 2.14. The third kappa shape index (κ3) is 3.79. The SMILES string of the molecule is CCCOc1ccc2c(ccn2CCS(=O)(=O)C(C)C)c1. The number of hydrogen-bond acceptors (Lipinski definition) is 3. The zero-order chi connectivity index (χ0) is 15.5. The lowest BCUT2D eigenvalue weighted by Crippen LogP contribution is -2.20. The number of hydrogen-bond donors (Lipinski definition) is 0. The van der Waals surface area contributed by atoms with Crippen molar-refractivity contribution in [2.24, 2.45) is 0 Å². The molecule has 0 aliphatic heterocycles. The highest BCUT2D eigenvalue weighted by molar-refractivity contribution is 7.91. The lowest BCUT2D eigenvalue weighted by Gasteiger charge is -2.10. The maximum Gasteiger partial charge on any atom is 0.154 e. The van der Waals surface area contributed by atoms with Gasteiger partial charge in [0.05, 0.1) is 17.6 Å². The van der Waals surface area contributed by atoms with Crippen LogP contribution in [0.4, 0.5) is 0 Å². The Bertz CT molecular complexity index is 701. The molecular formula is C16H23NO3S. The van der Waals surface area contributed by atoms with E-state index in [1.54, 1.807) is 13.8 Å². The maximum absolute atomic E-state index is 11.9. The number of aromatic nitrogens is 1. The van der Waals surface area contributed by atoms with Crippen LogP contribution in [0.2, 0.25) is 0 Å². The van der Waals surface area contributed by atoms with Gasteiger partial charge in [0.25, 0.3) is 0 Å². The first-order chi connectivity index (χ1) is 9.94. The van der Waals surface area contributed by atoms with Crippen LogP contribution >= 0.6 is 0 Å². The zero-order valence-corrected chi connectivity index (χ0v) is 13.7. The highest BCUT2D eigenvalue weighted by Gasteiger charge is 2.16. The summed E-state index contributed by atoms with van der Waals surface area (Å²) < 4.78 is 31.4. The van der Waals surface area contributed by atoms with E-state index in [1.807, 2.05) is 35.0 Å². The number of rotatable bonds is 7. The van der Waals surface area contributed by atoms with Gasteiger partial charge in [0.1, 0.15) is 5.75 Å². The summed E-state index contributed by atoms with van der Waals surface area (Å²) in [7, 11) is -3.01. The fraction of sp³-hybridized carbons (Fsp3) is 0.500. The van der Waals surface area contributed by atoms with Gasteiger partial charge in [0.15, 0.2) is 9.84 Å². The van der Waals surface area contributed by atoms with Gasteiger partial charge >= 0.3 is 0 Å². The largest absolute Gasteiger partial charge is 0.494 e. The van der Waals surface area contributed by atoms with Crippen LogP contribution in [0.25, 0.3) is 10.9 Å². The molecule has 5 heteroatoms. The molecule has 0 N–H and O–H groups in total. The average Bonchev–Trinajstić information content (AvgIpc) is 2.85. The van der Waals surface area contributed by atoms with Crippen LogP contribution in [-0.2, 0) is 16.4 Å². The minimum absolute atomic E-state index is 0.169. The molecule has 116 valence electrons. The number of sulfone groups is 1. The van der Waals surface area contributed by atoms with Crippen molar-refractivity contribution in [1.29, 1.82) is 0 Å². The highest BCUT2D eigenvalue weighted by Crippen LogP contribution is 2.22. The van der Waals surface area contributed by atoms with Gasteiger partial charge in [-0.25, -0.2) is 8.42 Å². The molecule has 0 atom stereocenters. The van der Waals surface area contributed by atoms with Crippen molar-refractivity contribution >= 4 is 20.7 Å². The van der Waals surface area contributed by atoms with Crippen LogP contribution < -0.4 is 4.74 Å². The topological polar surface area (TPSA) is 48.3 Å². The molecular weight excluding hydrogens is 286 g/mol. The molecule has 0 aliphatic carbocycles. The first kappa shape index (κ1) is 15.9. The molecule has 2 rings (SSSR count). The van der Waals surface area contributed by atoms with Crippen molar-refractivity contribution in [2.45, 2.75) is 39.0 Å². The summed E-state index contributed by atoms with van der Waals surface area (Å²) in [6, 6.07) is 7.92. The molecule has 0 amide bonds. The molecule has 0 aliphatic rings. The van der Waals surface area contributed by atoms with Crippen LogP contribution in [-0.4, -0.2) is 30.6 Å². The zero-order valence-electron chi connectivity index (χ0n) is 12.9. The van der Waals surface area contributed by atoms with Crippen molar-refractivity contribution in [3.8, 4) is 5.75 Å². The van der Waals surface area contributed by atoms with Crippen LogP contribution in [0.15, 0.2) is 30.5 Å². The normalized spacial score (nSPS) is 12.2. The molecule has 0 bridgehead atoms. The van der Waals surface area contributed by atoms with E-state index in [0.717, 1.165) is 23.1 Å². The van der Waals surface area contributed by atoms with E-state index in [2.05, 4.69) is 6.92 Å². The fourth-order valence-corrected chi connectivity index (χ4v) is 3.07. The molecule has 0 unspecified atom stereocenters. The second-order valence-corrected chi connectivity index (χ2v) is 8.17. The molecule has 1 aromatic carbocycles. The molecule has 0 spiro atoms. The second-order valence-electron chi connectivity index (χ2n) is 5.49. The van der Waals surface area contributed by atoms with Gasteiger partial charge < -0.3 is 9.30 Å². The molecule has 0 fully saturated rings. The first-order valence-electron chi connectivity index (χ1n) is 7.37. The third-order valence-electron chi connectivity index (χ3n) is 3.55. The Morgan fingerprint density at radius 3 is 2.67 bits per heavy atom. The summed E-state index contributed by atoms with van der Waals surface area (Å²) in [4.78, 5) is 0. The Morgan fingerprint density at radius 2 is 2.00 bits per heavy atom. The van der Waals surface area contributed by atoms with Gasteiger partial charge in [-0.1, -0.05) is 6.92 Å². The Balaban J connectivity index is 2.15. The Morgan fingerprint density at radius 1 is 1.24 bits per heavy atom. The van der Waals surface area contributed by atoms with E-state index in [-0.39, 0.29) is 11.0 Å². The van der Waals surface area contributed by atoms with Crippen LogP contribution in [0.5, 0.6) is 5.75 Å². The molecule has 0 saturated carbocycles. The maximum atomic E-state index is 11.9. The predicted molar refractivity (Wildman–Crippen MR) is 86.6 cm³/mol. The van der Waals surface area contributed by atoms with E-state index in [4.69, 9.17) is 4.74 Å². The summed E-state index contributed by atoms with van der Waals surface area (Å²) in [6.07, 6.45) is 2.91. The number of nitrogens with zero attached hydrogens (tertiary/aromatic N) is 1. The van der Waals surface area contributed by atoms with E-state index in [0.29, 0.717) is 13.2 Å². The summed E-state index contributed by atoms with van der Waals surface area (Å²) in [5.41, 5.74) is 1.04. The lowest BCUT2D eigenvalue weighted by atomic mass is 10.2. The smallest absolute Gasteiger partial charge is 0.154 e. The molecule has 1 heterocycles. The second kappa shape index (κ2) is 6.52. The van der Waals surface area contributed by atoms with Gasteiger partial charge in [0, 0.05) is 23.6 Å². The van der Waals surface area contributed by atoms with E-state index in [1.165, 1.54) is 0 Å². The highest BCUT2D eigenvalue weighted by atomic mass is 32.2. The van der Waals surface area contributed by atoms with Gasteiger partial charge in [-0.05, 0) is 44.5 Å². The van der Waals surface area contributed by atoms with E-state index < -0.39 is 9.84 Å². The van der Waals surface area contributed by atoms with Crippen molar-refractivity contribution in [3.63, 3.8) is 0 Å². The molecule has 1 aromatic heterocycles. The van der Waals surface area contributed by atoms with Crippen LogP contribution in [0, 0.1) is 0 Å².